The van der Waals surface area contributed by atoms with E-state index in [4.69, 9.17) is 9.94 Å². The summed E-state index contributed by atoms with van der Waals surface area (Å²) in [5.74, 6) is -0.333. The number of hydroxylamine groups is 1. The van der Waals surface area contributed by atoms with Crippen LogP contribution in [-0.2, 0) is 4.79 Å². The Labute approximate surface area is 123 Å². The molecule has 2 aromatic rings. The molecular formula is C17H17NO3. The van der Waals surface area contributed by atoms with Crippen molar-refractivity contribution >= 4 is 5.91 Å². The van der Waals surface area contributed by atoms with Gasteiger partial charge < -0.3 is 4.74 Å². The van der Waals surface area contributed by atoms with Gasteiger partial charge in [-0.15, -0.1) is 0 Å². The lowest BCUT2D eigenvalue weighted by Crippen LogP contribution is -2.27. The highest BCUT2D eigenvalue weighted by atomic mass is 16.5. The van der Waals surface area contributed by atoms with Crippen molar-refractivity contribution in [2.45, 2.75) is 5.92 Å². The number of benzene rings is 2. The Balaban J connectivity index is 2.29. The van der Waals surface area contributed by atoms with Crippen LogP contribution < -0.4 is 10.2 Å². The number of ether oxygens (including phenoxy) is 1. The molecule has 21 heavy (non-hydrogen) atoms. The minimum absolute atomic E-state index is 0.429. The number of carbonyl (C=O) groups excluding carboxylic acids is 1. The molecule has 1 amide bonds. The van der Waals surface area contributed by atoms with Gasteiger partial charge in [0.25, 0.3) is 5.91 Å². The Bertz CT molecular complexity index is 593. The van der Waals surface area contributed by atoms with Crippen LogP contribution in [0.5, 0.6) is 5.75 Å². The molecular weight excluding hydrogens is 266 g/mol. The number of amides is 1. The van der Waals surface area contributed by atoms with E-state index in [-0.39, 0.29) is 0 Å². The number of hydrogen-bond acceptors (Lipinski definition) is 3. The van der Waals surface area contributed by atoms with Gasteiger partial charge in [-0.05, 0) is 23.3 Å². The molecule has 2 N–H and O–H groups in total. The van der Waals surface area contributed by atoms with E-state index in [2.05, 4.69) is 6.58 Å². The molecule has 0 fully saturated rings. The van der Waals surface area contributed by atoms with Crippen LogP contribution >= 0.6 is 0 Å². The van der Waals surface area contributed by atoms with E-state index in [9.17, 15) is 4.79 Å². The van der Waals surface area contributed by atoms with Gasteiger partial charge in [-0.2, -0.15) is 0 Å². The second kappa shape index (κ2) is 7.26. The van der Waals surface area contributed by atoms with Crippen molar-refractivity contribution < 1.29 is 14.7 Å². The molecule has 1 atom stereocenters. The molecule has 108 valence electrons. The highest BCUT2D eigenvalue weighted by Crippen LogP contribution is 2.26. The average Bonchev–Trinajstić information content (AvgIpc) is 2.55. The first-order valence-electron chi connectivity index (χ1n) is 6.59. The number of nitrogens with one attached hydrogen (secondary N) is 1. The zero-order chi connectivity index (χ0) is 15.1. The van der Waals surface area contributed by atoms with Crippen molar-refractivity contribution in [3.63, 3.8) is 0 Å². The van der Waals surface area contributed by atoms with E-state index in [0.29, 0.717) is 12.4 Å². The minimum atomic E-state index is -0.565. The zero-order valence-electron chi connectivity index (χ0n) is 11.5. The molecule has 0 aliphatic rings. The first-order valence-corrected chi connectivity index (χ1v) is 6.59. The van der Waals surface area contributed by atoms with Crippen LogP contribution in [0.25, 0.3) is 0 Å². The first kappa shape index (κ1) is 14.8. The average molecular weight is 283 g/mol. The van der Waals surface area contributed by atoms with E-state index >= 15 is 0 Å². The highest BCUT2D eigenvalue weighted by Gasteiger charge is 2.22. The van der Waals surface area contributed by atoms with E-state index in [0.717, 1.165) is 11.1 Å². The third-order valence-electron chi connectivity index (χ3n) is 3.09. The van der Waals surface area contributed by atoms with Crippen LogP contribution in [0.1, 0.15) is 17.0 Å². The lowest BCUT2D eigenvalue weighted by atomic mass is 9.91. The van der Waals surface area contributed by atoms with Gasteiger partial charge in [0, 0.05) is 0 Å². The fourth-order valence-corrected chi connectivity index (χ4v) is 2.12. The van der Waals surface area contributed by atoms with Crippen LogP contribution in [0.3, 0.4) is 0 Å². The van der Waals surface area contributed by atoms with E-state index in [1.165, 1.54) is 0 Å². The lowest BCUT2D eigenvalue weighted by Gasteiger charge is -2.16. The van der Waals surface area contributed by atoms with Crippen LogP contribution in [0.2, 0.25) is 0 Å². The van der Waals surface area contributed by atoms with Crippen molar-refractivity contribution in [2.24, 2.45) is 0 Å². The molecule has 0 saturated heterocycles. The van der Waals surface area contributed by atoms with Gasteiger partial charge in [-0.25, -0.2) is 5.48 Å². The molecule has 2 aromatic carbocycles. The van der Waals surface area contributed by atoms with E-state index in [1.54, 1.807) is 23.7 Å². The molecule has 4 heteroatoms. The molecule has 4 nitrogen and oxygen atoms in total. The van der Waals surface area contributed by atoms with Crippen molar-refractivity contribution in [3.8, 4) is 5.75 Å². The summed E-state index contributed by atoms with van der Waals surface area (Å²) in [5.41, 5.74) is 3.31. The van der Waals surface area contributed by atoms with Gasteiger partial charge in [-0.1, -0.05) is 55.1 Å². The van der Waals surface area contributed by atoms with Crippen molar-refractivity contribution in [2.75, 3.05) is 6.61 Å². The Morgan fingerprint density at radius 1 is 1.14 bits per heavy atom. The van der Waals surface area contributed by atoms with Crippen LogP contribution in [0, 0.1) is 0 Å². The normalized spacial score (nSPS) is 11.5. The summed E-state index contributed by atoms with van der Waals surface area (Å²) in [5, 5.41) is 8.96. The SMILES string of the molecule is C=CCOc1ccc(C(C(=O)NO)c2ccccc2)cc1. The molecule has 0 spiro atoms. The topological polar surface area (TPSA) is 58.6 Å². The molecule has 0 radical (unpaired) electrons. The van der Waals surface area contributed by atoms with Crippen LogP contribution in [-0.4, -0.2) is 17.7 Å². The third-order valence-corrected chi connectivity index (χ3v) is 3.09. The minimum Gasteiger partial charge on any atom is -0.490 e. The predicted octanol–water partition coefficient (Wildman–Crippen LogP) is 2.89. The molecule has 1 unspecified atom stereocenters. The summed E-state index contributed by atoms with van der Waals surface area (Å²) >= 11 is 0. The Kier molecular flexibility index (Phi) is 5.12. The molecule has 0 heterocycles. The van der Waals surface area contributed by atoms with Crippen LogP contribution in [0.15, 0.2) is 67.3 Å². The van der Waals surface area contributed by atoms with Crippen molar-refractivity contribution in [1.29, 1.82) is 0 Å². The van der Waals surface area contributed by atoms with Crippen LogP contribution in [0.4, 0.5) is 0 Å². The summed E-state index contributed by atoms with van der Waals surface area (Å²) in [7, 11) is 0. The van der Waals surface area contributed by atoms with Gasteiger partial charge in [-0.3, -0.25) is 10.0 Å². The van der Waals surface area contributed by atoms with Crippen molar-refractivity contribution in [3.05, 3.63) is 78.4 Å². The Hall–Kier alpha value is -2.59. The second-order valence-corrected chi connectivity index (χ2v) is 4.49. The largest absolute Gasteiger partial charge is 0.490 e. The Morgan fingerprint density at radius 2 is 1.76 bits per heavy atom. The van der Waals surface area contributed by atoms with Crippen molar-refractivity contribution in [1.82, 2.24) is 5.48 Å². The maximum absolute atomic E-state index is 12.0. The summed E-state index contributed by atoms with van der Waals surface area (Å²) in [6.07, 6.45) is 1.67. The molecule has 0 aliphatic heterocycles. The van der Waals surface area contributed by atoms with Gasteiger partial charge >= 0.3 is 0 Å². The molecule has 0 saturated carbocycles. The number of carbonyl (C=O) groups is 1. The molecule has 0 bridgehead atoms. The van der Waals surface area contributed by atoms with Gasteiger partial charge in [0.2, 0.25) is 0 Å². The summed E-state index contributed by atoms with van der Waals surface area (Å²) in [4.78, 5) is 12.0. The molecule has 2 rings (SSSR count). The standard InChI is InChI=1S/C17H17NO3/c1-2-12-21-15-10-8-14(9-11-15)16(17(19)18-20)13-6-4-3-5-7-13/h2-11,16,20H,1,12H2,(H,18,19). The zero-order valence-corrected chi connectivity index (χ0v) is 11.5. The second-order valence-electron chi connectivity index (χ2n) is 4.49. The van der Waals surface area contributed by atoms with Gasteiger partial charge in [0.15, 0.2) is 0 Å². The number of hydrogen-bond donors (Lipinski definition) is 2. The molecule has 0 aliphatic carbocycles. The fraction of sp³-hybridized carbons (Fsp3) is 0.118. The first-order chi connectivity index (χ1) is 10.3. The summed E-state index contributed by atoms with van der Waals surface area (Å²) in [6.45, 7) is 4.02. The fourth-order valence-electron chi connectivity index (χ4n) is 2.12. The maximum atomic E-state index is 12.0. The monoisotopic (exact) mass is 283 g/mol. The van der Waals surface area contributed by atoms with E-state index < -0.39 is 11.8 Å². The lowest BCUT2D eigenvalue weighted by molar-refractivity contribution is -0.129. The van der Waals surface area contributed by atoms with Gasteiger partial charge in [0.05, 0.1) is 5.92 Å². The van der Waals surface area contributed by atoms with Gasteiger partial charge in [0.1, 0.15) is 12.4 Å². The summed E-state index contributed by atoms with van der Waals surface area (Å²) < 4.78 is 5.41. The maximum Gasteiger partial charge on any atom is 0.255 e. The molecule has 0 aromatic heterocycles. The number of rotatable bonds is 6. The predicted molar refractivity (Wildman–Crippen MR) is 80.3 cm³/mol. The highest BCUT2D eigenvalue weighted by molar-refractivity contribution is 5.86. The third kappa shape index (κ3) is 3.70. The van der Waals surface area contributed by atoms with E-state index in [1.807, 2.05) is 42.5 Å². The quantitative estimate of drug-likeness (QED) is 0.487. The smallest absolute Gasteiger partial charge is 0.255 e. The Morgan fingerprint density at radius 3 is 2.33 bits per heavy atom. The summed E-state index contributed by atoms with van der Waals surface area (Å²) in [6, 6.07) is 16.5.